The number of carbonyl (C=O) groups is 3. The lowest BCUT2D eigenvalue weighted by atomic mass is 9.98. The second kappa shape index (κ2) is 27.1. The van der Waals surface area contributed by atoms with E-state index in [2.05, 4.69) is 65.4 Å². The van der Waals surface area contributed by atoms with Crippen LogP contribution >= 0.6 is 47.0 Å². The summed E-state index contributed by atoms with van der Waals surface area (Å²) in [5, 5.41) is 11.6. The van der Waals surface area contributed by atoms with Crippen LogP contribution in [0.3, 0.4) is 0 Å². The number of aromatic nitrogens is 6. The van der Waals surface area contributed by atoms with E-state index < -0.39 is 0 Å². The number of rotatable bonds is 15. The minimum absolute atomic E-state index is 0.0360. The summed E-state index contributed by atoms with van der Waals surface area (Å²) in [6, 6.07) is 37.0. The topological polar surface area (TPSA) is 141 Å². The van der Waals surface area contributed by atoms with Gasteiger partial charge in [-0.15, -0.1) is 0 Å². The van der Waals surface area contributed by atoms with Gasteiger partial charge in [-0.05, 0) is 238 Å². The van der Waals surface area contributed by atoms with Gasteiger partial charge >= 0.3 is 0 Å². The summed E-state index contributed by atoms with van der Waals surface area (Å²) in [7, 11) is 0. The molecule has 6 saturated carbocycles. The molecule has 6 aromatic carbocycles. The van der Waals surface area contributed by atoms with E-state index in [0.29, 0.717) is 103 Å². The molecular weight excluding hydrogens is 1230 g/mol. The van der Waals surface area contributed by atoms with Gasteiger partial charge in [0.15, 0.2) is 0 Å². The van der Waals surface area contributed by atoms with Crippen molar-refractivity contribution in [3.8, 4) is 0 Å². The third-order valence-corrected chi connectivity index (χ3v) is 21.0. The average Bonchev–Trinajstić information content (AvgIpc) is 3.38. The lowest BCUT2D eigenvalue weighted by molar-refractivity contribution is 0.0918. The fraction of sp³-hybridized carbons (Fsp3) is 0.400. The van der Waals surface area contributed by atoms with Gasteiger partial charge in [0.25, 0.3) is 17.7 Å². The van der Waals surface area contributed by atoms with Crippen LogP contribution in [0.2, 0.25) is 15.1 Å². The zero-order valence-corrected chi connectivity index (χ0v) is 53.4. The number of nitrogens with one attached hydrogen (secondary N) is 3. The maximum absolute atomic E-state index is 13.7. The summed E-state index contributed by atoms with van der Waals surface area (Å²) in [6.07, 6.45) is 16.0. The zero-order valence-electron chi connectivity index (χ0n) is 50.3. The van der Waals surface area contributed by atoms with Gasteiger partial charge in [0.2, 0.25) is 0 Å². The minimum Gasteiger partial charge on any atom is -0.349 e. The second-order valence-corrected chi connectivity index (χ2v) is 26.7. The largest absolute Gasteiger partial charge is 0.349 e. The van der Waals surface area contributed by atoms with Crippen LogP contribution in [0.4, 0.5) is 17.1 Å². The van der Waals surface area contributed by atoms with Crippen LogP contribution in [-0.4, -0.2) is 70.8 Å². The maximum atomic E-state index is 13.7. The number of fused-ring (bicyclic) bond motifs is 6. The first-order valence-electron chi connectivity index (χ1n) is 31.3. The zero-order chi connectivity index (χ0) is 63.1. The number of hydrogen-bond acceptors (Lipinski definition) is 7. The molecule has 3 heterocycles. The third kappa shape index (κ3) is 13.4. The molecule has 15 atom stereocenters. The highest BCUT2D eigenvalue weighted by molar-refractivity contribution is 7.93. The van der Waals surface area contributed by atoms with Gasteiger partial charge in [0.05, 0.1) is 52.1 Å². The molecule has 0 radical (unpaired) electrons. The number of hydrogen-bond donors (Lipinski definition) is 3. The van der Waals surface area contributed by atoms with E-state index in [1.165, 1.54) is 24.5 Å². The van der Waals surface area contributed by atoms with E-state index in [1.807, 2.05) is 19.0 Å². The van der Waals surface area contributed by atoms with Gasteiger partial charge in [-0.1, -0.05) is 55.6 Å². The molecule has 470 valence electrons. The summed E-state index contributed by atoms with van der Waals surface area (Å²) >= 11 is 18.0. The first-order chi connectivity index (χ1) is 43.6. The van der Waals surface area contributed by atoms with E-state index in [-0.39, 0.29) is 65.4 Å². The Morgan fingerprint density at radius 3 is 0.900 bits per heavy atom. The Morgan fingerprint density at radius 2 is 0.678 bits per heavy atom. The van der Waals surface area contributed by atoms with E-state index in [9.17, 15) is 31.4 Å². The number of halogens is 7. The van der Waals surface area contributed by atoms with Crippen LogP contribution in [0, 0.1) is 70.7 Å². The van der Waals surface area contributed by atoms with Crippen molar-refractivity contribution in [2.75, 3.05) is 6.26 Å². The van der Waals surface area contributed by atoms with Gasteiger partial charge in [-0.2, -0.15) is 3.89 Å². The monoisotopic (exact) mass is 1300 g/mol. The molecule has 6 aliphatic rings. The predicted octanol–water partition coefficient (Wildman–Crippen LogP) is 16.9. The molecule has 7 unspecified atom stereocenters. The third-order valence-electron chi connectivity index (χ3n) is 20.2. The second-order valence-electron chi connectivity index (χ2n) is 25.1. The van der Waals surface area contributed by atoms with E-state index in [4.69, 9.17) is 34.8 Å². The molecule has 90 heavy (non-hydrogen) atoms. The molecule has 0 bridgehead atoms. The van der Waals surface area contributed by atoms with Gasteiger partial charge in [-0.3, -0.25) is 14.4 Å². The van der Waals surface area contributed by atoms with Crippen molar-refractivity contribution in [1.82, 2.24) is 44.6 Å². The van der Waals surface area contributed by atoms with Crippen molar-refractivity contribution >= 4 is 97.8 Å². The van der Waals surface area contributed by atoms with Gasteiger partial charge < -0.3 is 29.7 Å². The van der Waals surface area contributed by atoms with E-state index in [1.54, 1.807) is 109 Å². The summed E-state index contributed by atoms with van der Waals surface area (Å²) in [4.78, 5) is 51.1. The lowest BCUT2D eigenvalue weighted by Crippen LogP contribution is -2.37. The van der Waals surface area contributed by atoms with E-state index in [0.717, 1.165) is 90.9 Å². The van der Waals surface area contributed by atoms with Gasteiger partial charge in [0, 0.05) is 86.4 Å². The lowest BCUT2D eigenvalue weighted by Gasteiger charge is -2.22. The van der Waals surface area contributed by atoms with Crippen LogP contribution in [0.5, 0.6) is 0 Å². The molecule has 3 aromatic heterocycles. The van der Waals surface area contributed by atoms with Crippen molar-refractivity contribution in [2.45, 2.75) is 115 Å². The molecule has 6 aliphatic carbocycles. The Hall–Kier alpha value is -6.92. The van der Waals surface area contributed by atoms with Crippen molar-refractivity contribution < 1.29 is 31.4 Å². The molecule has 12 nitrogen and oxygen atoms in total. The molecule has 0 aliphatic heterocycles. The van der Waals surface area contributed by atoms with Gasteiger partial charge in [-0.25, -0.2) is 28.1 Å². The van der Waals surface area contributed by atoms with Crippen molar-refractivity contribution in [2.24, 2.45) is 53.3 Å². The summed E-state index contributed by atoms with van der Waals surface area (Å²) in [6.45, 7) is 6.39. The number of carbonyl (C=O) groups excluding carboxylic acids is 3. The van der Waals surface area contributed by atoms with Gasteiger partial charge in [0.1, 0.15) is 17.5 Å². The van der Waals surface area contributed by atoms with Crippen LogP contribution in [0.25, 0.3) is 33.1 Å². The number of amides is 3. The molecule has 20 heteroatoms. The van der Waals surface area contributed by atoms with Crippen molar-refractivity contribution in [3.63, 3.8) is 0 Å². The van der Waals surface area contributed by atoms with Crippen LogP contribution in [0.1, 0.15) is 128 Å². The Balaban J connectivity index is 0.000000128. The predicted molar refractivity (Wildman–Crippen MR) is 349 cm³/mol. The first kappa shape index (κ1) is 63.2. The fourth-order valence-electron chi connectivity index (χ4n) is 15.9. The smallest absolute Gasteiger partial charge is 0.251 e. The van der Waals surface area contributed by atoms with Crippen molar-refractivity contribution in [1.29, 1.82) is 0 Å². The normalized spacial score (nSPS) is 25.6. The molecular formula is C70H72Cl3F4N9O3S. The number of imidazole rings is 3. The number of benzene rings is 6. The molecule has 0 spiro atoms. The average molecular weight is 1300 g/mol. The highest BCUT2D eigenvalue weighted by atomic mass is 35.5. The Morgan fingerprint density at radius 1 is 0.444 bits per heavy atom. The van der Waals surface area contributed by atoms with Crippen LogP contribution in [-0.2, 0) is 0 Å². The minimum atomic E-state index is -0.226. The van der Waals surface area contributed by atoms with E-state index >= 15 is 0 Å². The maximum Gasteiger partial charge on any atom is 0.251 e. The molecule has 9 aromatic rings. The Kier molecular flexibility index (Phi) is 19.0. The number of nitrogens with zero attached hydrogens (tertiary/aromatic N) is 6. The Labute approximate surface area is 540 Å². The molecule has 0 saturated heterocycles. The highest BCUT2D eigenvalue weighted by Gasteiger charge is 2.61. The standard InChI is InChI=1S/3C23H23ClFN3O.CH3FS/c3*1-2-19(27-23(29)13-3-5-14(24)6-4-13)22-17-10-16(11-18(17)22)28-12-26-20-8-7-15(25)9-21(20)28;1-3-2/h3*3-9,12,16-19,22H,2,10-11H2,1H3,(H,27,29);1H3/t16?,17-,18+,19?,22?;2*16?,17-,18+,19-,22?;/m.10./s1. The fourth-order valence-corrected chi connectivity index (χ4v) is 16.3. The highest BCUT2D eigenvalue weighted by Crippen LogP contribution is 2.65. The molecule has 3 amide bonds. The van der Waals surface area contributed by atoms with Crippen LogP contribution < -0.4 is 16.0 Å². The summed E-state index contributed by atoms with van der Waals surface area (Å²) in [5.41, 5.74) is 7.05. The Bertz CT molecular complexity index is 3590. The first-order valence-corrected chi connectivity index (χ1v) is 33.5. The molecule has 15 rings (SSSR count). The molecule has 6 fully saturated rings. The summed E-state index contributed by atoms with van der Waals surface area (Å²) < 4.78 is 57.6. The molecule has 3 N–H and O–H groups in total. The van der Waals surface area contributed by atoms with Crippen LogP contribution in [0.15, 0.2) is 146 Å². The summed E-state index contributed by atoms with van der Waals surface area (Å²) in [5.74, 6) is 4.47. The quantitative estimate of drug-likeness (QED) is 0.0868. The van der Waals surface area contributed by atoms with Crippen molar-refractivity contribution in [3.05, 3.63) is 196 Å². The SMILES string of the molecule is CCC(NC(=O)c1ccc(Cl)cc1)C1[C@H]2CC(n3cnc4ccc(F)cc43)C[C@@H]12.CC[C@@H](NC(=O)c1ccc(Cl)cc1)C1[C@H]2CC(n3cnc4ccc(F)cc43)C[C@@H]12.CC[C@H](NC(=O)c1ccc(Cl)cc1)C1[C@H]2CC(n3cnc4ccc(F)cc43)C[C@@H]12.CSF.